The second kappa shape index (κ2) is 8.40. The van der Waals surface area contributed by atoms with Crippen LogP contribution in [-0.4, -0.2) is 41.8 Å². The molecule has 0 spiro atoms. The molecule has 28 heavy (non-hydrogen) atoms. The maximum atomic E-state index is 12.7. The standard InChI is InChI=1S/C23H24N2O3/c1-17-14-22(24-28-17)23(26)25-12-13-27-20(16-25)15-21(18-8-4-2-5-9-18)19-10-6-3-7-11-19/h2-11,14,20-21H,12-13,15-16H2,1H3/t20-/m1/s1. The SMILES string of the molecule is Cc1cc(C(=O)N2CCO[C@H](CC(c3ccccc3)c3ccccc3)C2)no1. The second-order valence-corrected chi connectivity index (χ2v) is 7.18. The first-order valence-electron chi connectivity index (χ1n) is 9.65. The zero-order chi connectivity index (χ0) is 19.3. The van der Waals surface area contributed by atoms with Crippen LogP contribution in [0.25, 0.3) is 0 Å². The van der Waals surface area contributed by atoms with E-state index >= 15 is 0 Å². The Hall–Kier alpha value is -2.92. The van der Waals surface area contributed by atoms with Gasteiger partial charge < -0.3 is 14.2 Å². The lowest BCUT2D eigenvalue weighted by Crippen LogP contribution is -2.46. The van der Waals surface area contributed by atoms with Crippen molar-refractivity contribution in [1.29, 1.82) is 0 Å². The number of aromatic nitrogens is 1. The zero-order valence-corrected chi connectivity index (χ0v) is 16.0. The molecule has 5 heteroatoms. The van der Waals surface area contributed by atoms with E-state index in [0.717, 1.165) is 6.42 Å². The van der Waals surface area contributed by atoms with Crippen molar-refractivity contribution in [2.75, 3.05) is 19.7 Å². The average molecular weight is 376 g/mol. The van der Waals surface area contributed by atoms with Crippen LogP contribution in [0.3, 0.4) is 0 Å². The number of hydrogen-bond donors (Lipinski definition) is 0. The van der Waals surface area contributed by atoms with E-state index < -0.39 is 0 Å². The molecule has 0 radical (unpaired) electrons. The Balaban J connectivity index is 1.51. The fourth-order valence-electron chi connectivity index (χ4n) is 3.77. The highest BCUT2D eigenvalue weighted by Crippen LogP contribution is 2.31. The molecule has 144 valence electrons. The van der Waals surface area contributed by atoms with Crippen LogP contribution in [-0.2, 0) is 4.74 Å². The Morgan fingerprint density at radius 3 is 2.32 bits per heavy atom. The maximum Gasteiger partial charge on any atom is 0.276 e. The minimum atomic E-state index is -0.0962. The minimum absolute atomic E-state index is 0.0314. The quantitative estimate of drug-likeness (QED) is 0.674. The number of nitrogens with zero attached hydrogens (tertiary/aromatic N) is 2. The molecule has 1 aliphatic rings. The molecule has 0 unspecified atom stereocenters. The predicted molar refractivity (Wildman–Crippen MR) is 106 cm³/mol. The summed E-state index contributed by atoms with van der Waals surface area (Å²) >= 11 is 0. The van der Waals surface area contributed by atoms with Gasteiger partial charge >= 0.3 is 0 Å². The molecule has 1 aromatic heterocycles. The van der Waals surface area contributed by atoms with E-state index in [0.29, 0.717) is 31.2 Å². The van der Waals surface area contributed by atoms with Crippen LogP contribution in [0.5, 0.6) is 0 Å². The third-order valence-corrected chi connectivity index (χ3v) is 5.18. The average Bonchev–Trinajstić information content (AvgIpc) is 3.19. The van der Waals surface area contributed by atoms with Gasteiger partial charge in [-0.25, -0.2) is 0 Å². The lowest BCUT2D eigenvalue weighted by molar-refractivity contribution is -0.0267. The van der Waals surface area contributed by atoms with Gasteiger partial charge in [-0.3, -0.25) is 4.79 Å². The molecule has 1 aliphatic heterocycles. The normalized spacial score (nSPS) is 17.1. The van der Waals surface area contributed by atoms with Crippen molar-refractivity contribution in [2.24, 2.45) is 0 Å². The number of aryl methyl sites for hydroxylation is 1. The molecular weight excluding hydrogens is 352 g/mol. The second-order valence-electron chi connectivity index (χ2n) is 7.18. The fourth-order valence-corrected chi connectivity index (χ4v) is 3.77. The number of amides is 1. The molecule has 0 N–H and O–H groups in total. The van der Waals surface area contributed by atoms with E-state index in [2.05, 4.69) is 53.7 Å². The predicted octanol–water partition coefficient (Wildman–Crippen LogP) is 4.05. The summed E-state index contributed by atoms with van der Waals surface area (Å²) in [6, 6.07) is 22.6. The summed E-state index contributed by atoms with van der Waals surface area (Å²) < 4.78 is 11.1. The van der Waals surface area contributed by atoms with Crippen LogP contribution >= 0.6 is 0 Å². The topological polar surface area (TPSA) is 55.6 Å². The Kier molecular flexibility index (Phi) is 5.53. The number of rotatable bonds is 5. The fraction of sp³-hybridized carbons (Fsp3) is 0.304. The summed E-state index contributed by atoms with van der Waals surface area (Å²) in [5.41, 5.74) is 2.88. The van der Waals surface area contributed by atoms with Crippen molar-refractivity contribution in [3.8, 4) is 0 Å². The summed E-state index contributed by atoms with van der Waals surface area (Å²) in [7, 11) is 0. The molecule has 0 saturated carbocycles. The van der Waals surface area contributed by atoms with Crippen LogP contribution in [0.2, 0.25) is 0 Å². The van der Waals surface area contributed by atoms with E-state index in [-0.39, 0.29) is 17.9 Å². The highest BCUT2D eigenvalue weighted by molar-refractivity contribution is 5.92. The number of carbonyl (C=O) groups excluding carboxylic acids is 1. The third kappa shape index (κ3) is 4.15. The van der Waals surface area contributed by atoms with E-state index in [9.17, 15) is 4.79 Å². The van der Waals surface area contributed by atoms with Gasteiger partial charge in [0.05, 0.1) is 12.7 Å². The van der Waals surface area contributed by atoms with Gasteiger partial charge in [0, 0.05) is 25.1 Å². The van der Waals surface area contributed by atoms with Gasteiger partial charge in [0.25, 0.3) is 5.91 Å². The molecule has 4 rings (SSSR count). The number of benzene rings is 2. The van der Waals surface area contributed by atoms with Crippen LogP contribution < -0.4 is 0 Å². The molecule has 5 nitrogen and oxygen atoms in total. The third-order valence-electron chi connectivity index (χ3n) is 5.18. The number of ether oxygens (including phenoxy) is 1. The molecule has 1 saturated heterocycles. The Labute approximate surface area is 164 Å². The number of hydrogen-bond acceptors (Lipinski definition) is 4. The summed E-state index contributed by atoms with van der Waals surface area (Å²) in [6.45, 7) is 3.45. The molecule has 0 aliphatic carbocycles. The molecule has 3 aromatic rings. The number of carbonyl (C=O) groups is 1. The van der Waals surface area contributed by atoms with Crippen LogP contribution in [0, 0.1) is 6.92 Å². The van der Waals surface area contributed by atoms with Gasteiger partial charge in [0.15, 0.2) is 5.69 Å². The van der Waals surface area contributed by atoms with Gasteiger partial charge in [0.1, 0.15) is 5.76 Å². The first kappa shape index (κ1) is 18.4. The summed E-state index contributed by atoms with van der Waals surface area (Å²) in [6.07, 6.45) is 0.784. The Morgan fingerprint density at radius 1 is 1.11 bits per heavy atom. The summed E-state index contributed by atoms with van der Waals surface area (Å²) in [5.74, 6) is 0.763. The van der Waals surface area contributed by atoms with Crippen molar-refractivity contribution in [2.45, 2.75) is 25.4 Å². The van der Waals surface area contributed by atoms with E-state index in [1.54, 1.807) is 13.0 Å². The molecule has 0 bridgehead atoms. The van der Waals surface area contributed by atoms with E-state index in [1.165, 1.54) is 11.1 Å². The summed E-state index contributed by atoms with van der Waals surface area (Å²) in [4.78, 5) is 14.6. The van der Waals surface area contributed by atoms with Gasteiger partial charge in [-0.2, -0.15) is 0 Å². The molecule has 2 heterocycles. The summed E-state index contributed by atoms with van der Waals surface area (Å²) in [5, 5.41) is 3.87. The zero-order valence-electron chi connectivity index (χ0n) is 16.0. The van der Waals surface area contributed by atoms with Crippen molar-refractivity contribution >= 4 is 5.91 Å². The Bertz CT molecular complexity index is 868. The molecule has 1 atom stereocenters. The molecule has 1 fully saturated rings. The van der Waals surface area contributed by atoms with Gasteiger partial charge in [-0.05, 0) is 24.5 Å². The van der Waals surface area contributed by atoms with Crippen LogP contribution in [0.4, 0.5) is 0 Å². The van der Waals surface area contributed by atoms with Gasteiger partial charge in [-0.1, -0.05) is 65.8 Å². The maximum absolute atomic E-state index is 12.7. The van der Waals surface area contributed by atoms with Crippen molar-refractivity contribution in [3.63, 3.8) is 0 Å². The van der Waals surface area contributed by atoms with Crippen molar-refractivity contribution in [1.82, 2.24) is 10.1 Å². The lowest BCUT2D eigenvalue weighted by Gasteiger charge is -2.34. The molecule has 1 amide bonds. The minimum Gasteiger partial charge on any atom is -0.375 e. The first-order chi connectivity index (χ1) is 13.7. The van der Waals surface area contributed by atoms with Gasteiger partial charge in [-0.15, -0.1) is 0 Å². The Morgan fingerprint density at radius 2 is 1.75 bits per heavy atom. The van der Waals surface area contributed by atoms with Crippen LogP contribution in [0.15, 0.2) is 71.3 Å². The van der Waals surface area contributed by atoms with Gasteiger partial charge in [0.2, 0.25) is 0 Å². The monoisotopic (exact) mass is 376 g/mol. The lowest BCUT2D eigenvalue weighted by atomic mass is 9.86. The smallest absolute Gasteiger partial charge is 0.276 e. The van der Waals surface area contributed by atoms with Crippen LogP contribution in [0.1, 0.15) is 39.7 Å². The van der Waals surface area contributed by atoms with E-state index in [4.69, 9.17) is 9.26 Å². The number of morpholine rings is 1. The first-order valence-corrected chi connectivity index (χ1v) is 9.65. The highest BCUT2D eigenvalue weighted by Gasteiger charge is 2.29. The molecular formula is C23H24N2O3. The largest absolute Gasteiger partial charge is 0.375 e. The van der Waals surface area contributed by atoms with Crippen molar-refractivity contribution < 1.29 is 14.1 Å². The molecule has 2 aromatic carbocycles. The highest BCUT2D eigenvalue weighted by atomic mass is 16.5. The van der Waals surface area contributed by atoms with E-state index in [1.807, 2.05) is 17.0 Å². The van der Waals surface area contributed by atoms with Crippen molar-refractivity contribution in [3.05, 3.63) is 89.3 Å².